The van der Waals surface area contributed by atoms with Crippen LogP contribution in [0.3, 0.4) is 0 Å². The lowest BCUT2D eigenvalue weighted by Crippen LogP contribution is -2.30. The lowest BCUT2D eigenvalue weighted by molar-refractivity contribution is -0.385. The number of amides is 2. The van der Waals surface area contributed by atoms with E-state index in [9.17, 15) is 19.7 Å². The first-order chi connectivity index (χ1) is 15.1. The van der Waals surface area contributed by atoms with Crippen molar-refractivity contribution in [2.24, 2.45) is 0 Å². The van der Waals surface area contributed by atoms with E-state index in [1.165, 1.54) is 18.2 Å². The molecule has 0 spiro atoms. The average Bonchev–Trinajstić information content (AvgIpc) is 3.31. The minimum atomic E-state index is -0.710. The van der Waals surface area contributed by atoms with Gasteiger partial charge in [-0.05, 0) is 29.8 Å². The Bertz CT molecular complexity index is 1420. The fourth-order valence-corrected chi connectivity index (χ4v) is 3.75. The number of hydrogen-bond donors (Lipinski definition) is 1. The standard InChI is InChI=1S/C23H14N4O4/c28-22-16-8-5-11-20(27(30)31)21(16)23(29)26(22)19-10-4-1-6-14(19)12-13-18-15-7-2-3-9-17(15)24-25-18/h1-13H,(H,24,25). The number of H-pyrrole nitrogens is 1. The minimum Gasteiger partial charge on any atom is -0.277 e. The van der Waals surface area contributed by atoms with Crippen molar-refractivity contribution in [3.8, 4) is 0 Å². The van der Waals surface area contributed by atoms with Crippen LogP contribution in [0.25, 0.3) is 23.1 Å². The number of para-hydroxylation sites is 2. The van der Waals surface area contributed by atoms with Gasteiger partial charge in [-0.3, -0.25) is 24.8 Å². The first-order valence-corrected chi connectivity index (χ1v) is 9.42. The summed E-state index contributed by atoms with van der Waals surface area (Å²) in [5.74, 6) is -1.30. The normalized spacial score (nSPS) is 13.4. The van der Waals surface area contributed by atoms with Gasteiger partial charge in [0.25, 0.3) is 17.5 Å². The Morgan fingerprint density at radius 3 is 2.52 bits per heavy atom. The summed E-state index contributed by atoms with van der Waals surface area (Å²) in [5.41, 5.74) is 2.01. The van der Waals surface area contributed by atoms with Crippen molar-refractivity contribution in [1.82, 2.24) is 10.2 Å². The number of imide groups is 1. The van der Waals surface area contributed by atoms with Crippen LogP contribution < -0.4 is 4.90 Å². The summed E-state index contributed by atoms with van der Waals surface area (Å²) in [5, 5.41) is 19.6. The van der Waals surface area contributed by atoms with Gasteiger partial charge in [0.2, 0.25) is 0 Å². The van der Waals surface area contributed by atoms with Crippen LogP contribution in [-0.4, -0.2) is 26.9 Å². The molecule has 0 saturated heterocycles. The van der Waals surface area contributed by atoms with Gasteiger partial charge in [0.05, 0.1) is 27.4 Å². The molecule has 4 aromatic rings. The average molecular weight is 410 g/mol. The number of aromatic nitrogens is 2. The third-order valence-corrected chi connectivity index (χ3v) is 5.19. The third kappa shape index (κ3) is 2.89. The molecule has 5 rings (SSSR count). The number of carbonyl (C=O) groups is 2. The second kappa shape index (κ2) is 7.03. The van der Waals surface area contributed by atoms with E-state index in [1.807, 2.05) is 24.3 Å². The Hall–Kier alpha value is -4.59. The SMILES string of the molecule is O=C1c2cccc([N+](=O)[O-])c2C(=O)N1c1ccccc1C=Cc1n[nH]c2ccccc12. The number of nitrogens with zero attached hydrogens (tertiary/aromatic N) is 3. The number of rotatable bonds is 4. The van der Waals surface area contributed by atoms with Crippen LogP contribution in [0.1, 0.15) is 32.0 Å². The summed E-state index contributed by atoms with van der Waals surface area (Å²) >= 11 is 0. The number of benzene rings is 3. The first-order valence-electron chi connectivity index (χ1n) is 9.42. The van der Waals surface area contributed by atoms with Gasteiger partial charge in [-0.25, -0.2) is 4.90 Å². The predicted molar refractivity (Wildman–Crippen MR) is 116 cm³/mol. The number of nitro benzene ring substituents is 1. The summed E-state index contributed by atoms with van der Waals surface area (Å²) in [7, 11) is 0. The van der Waals surface area contributed by atoms with Crippen molar-refractivity contribution in [2.75, 3.05) is 4.90 Å². The molecule has 2 heterocycles. The Labute approximate surface area is 175 Å². The minimum absolute atomic E-state index is 0.0243. The van der Waals surface area contributed by atoms with Crippen molar-refractivity contribution < 1.29 is 14.5 Å². The molecule has 0 unspecified atom stereocenters. The number of anilines is 1. The zero-order chi connectivity index (χ0) is 21.5. The Kier molecular flexibility index (Phi) is 4.18. The van der Waals surface area contributed by atoms with E-state index in [1.54, 1.807) is 36.4 Å². The highest BCUT2D eigenvalue weighted by atomic mass is 16.6. The molecule has 1 aliphatic heterocycles. The summed E-state index contributed by atoms with van der Waals surface area (Å²) in [6, 6.07) is 18.6. The van der Waals surface area contributed by atoms with Crippen molar-refractivity contribution in [3.05, 3.63) is 99.2 Å². The van der Waals surface area contributed by atoms with Gasteiger partial charge >= 0.3 is 0 Å². The van der Waals surface area contributed by atoms with Gasteiger partial charge in [-0.1, -0.05) is 48.5 Å². The van der Waals surface area contributed by atoms with E-state index in [0.29, 0.717) is 16.9 Å². The van der Waals surface area contributed by atoms with Crippen LogP contribution >= 0.6 is 0 Å². The zero-order valence-electron chi connectivity index (χ0n) is 16.0. The van der Waals surface area contributed by atoms with Gasteiger partial charge in [0.15, 0.2) is 0 Å². The molecule has 0 aliphatic carbocycles. The zero-order valence-corrected chi connectivity index (χ0v) is 16.0. The van der Waals surface area contributed by atoms with Crippen molar-refractivity contribution in [3.63, 3.8) is 0 Å². The molecule has 0 radical (unpaired) electrons. The summed E-state index contributed by atoms with van der Waals surface area (Å²) in [6.07, 6.45) is 3.55. The molecule has 8 nitrogen and oxygen atoms in total. The Balaban J connectivity index is 1.57. The third-order valence-electron chi connectivity index (χ3n) is 5.19. The van der Waals surface area contributed by atoms with E-state index in [4.69, 9.17) is 0 Å². The number of carbonyl (C=O) groups excluding carboxylic acids is 2. The Morgan fingerprint density at radius 2 is 1.68 bits per heavy atom. The largest absolute Gasteiger partial charge is 0.283 e. The second-order valence-corrected chi connectivity index (χ2v) is 6.95. The molecule has 2 amide bonds. The fourth-order valence-electron chi connectivity index (χ4n) is 3.75. The van der Waals surface area contributed by atoms with Gasteiger partial charge in [0, 0.05) is 11.5 Å². The highest BCUT2D eigenvalue weighted by Crippen LogP contribution is 2.35. The quantitative estimate of drug-likeness (QED) is 0.304. The summed E-state index contributed by atoms with van der Waals surface area (Å²) in [4.78, 5) is 37.7. The molecule has 150 valence electrons. The van der Waals surface area contributed by atoms with Gasteiger partial charge in [-0.2, -0.15) is 5.10 Å². The van der Waals surface area contributed by atoms with Crippen LogP contribution in [0, 0.1) is 10.1 Å². The van der Waals surface area contributed by atoms with Crippen molar-refractivity contribution in [1.29, 1.82) is 0 Å². The molecule has 1 aliphatic rings. The van der Waals surface area contributed by atoms with Crippen LogP contribution in [0.15, 0.2) is 66.7 Å². The van der Waals surface area contributed by atoms with E-state index in [-0.39, 0.29) is 16.8 Å². The molecular weight excluding hydrogens is 396 g/mol. The maximum atomic E-state index is 13.1. The number of aromatic amines is 1. The molecule has 0 atom stereocenters. The summed E-state index contributed by atoms with van der Waals surface area (Å²) < 4.78 is 0. The molecule has 8 heteroatoms. The van der Waals surface area contributed by atoms with Crippen LogP contribution in [0.5, 0.6) is 0 Å². The molecule has 31 heavy (non-hydrogen) atoms. The lowest BCUT2D eigenvalue weighted by atomic mass is 10.1. The van der Waals surface area contributed by atoms with Crippen LogP contribution in [-0.2, 0) is 0 Å². The molecule has 0 fully saturated rings. The second-order valence-electron chi connectivity index (χ2n) is 6.95. The van der Waals surface area contributed by atoms with Crippen LogP contribution in [0.2, 0.25) is 0 Å². The van der Waals surface area contributed by atoms with E-state index >= 15 is 0 Å². The number of hydrogen-bond acceptors (Lipinski definition) is 5. The maximum Gasteiger partial charge on any atom is 0.283 e. The first kappa shape index (κ1) is 18.4. The van der Waals surface area contributed by atoms with Gasteiger partial charge < -0.3 is 0 Å². The predicted octanol–water partition coefficient (Wildman–Crippen LogP) is 4.44. The summed E-state index contributed by atoms with van der Waals surface area (Å²) in [6.45, 7) is 0. The van der Waals surface area contributed by atoms with Gasteiger partial charge in [-0.15, -0.1) is 0 Å². The lowest BCUT2D eigenvalue weighted by Gasteiger charge is -2.16. The smallest absolute Gasteiger partial charge is 0.277 e. The van der Waals surface area contributed by atoms with Crippen molar-refractivity contribution >= 4 is 46.2 Å². The molecule has 0 bridgehead atoms. The highest BCUT2D eigenvalue weighted by Gasteiger charge is 2.42. The number of nitro groups is 1. The monoisotopic (exact) mass is 410 g/mol. The molecular formula is C23H14N4O4. The van der Waals surface area contributed by atoms with Crippen LogP contribution in [0.4, 0.5) is 11.4 Å². The topological polar surface area (TPSA) is 109 Å². The fraction of sp³-hybridized carbons (Fsp3) is 0. The molecule has 1 aromatic heterocycles. The maximum absolute atomic E-state index is 13.1. The number of fused-ring (bicyclic) bond motifs is 2. The van der Waals surface area contributed by atoms with Crippen molar-refractivity contribution in [2.45, 2.75) is 0 Å². The van der Waals surface area contributed by atoms with Gasteiger partial charge in [0.1, 0.15) is 5.56 Å². The van der Waals surface area contributed by atoms with E-state index < -0.39 is 16.7 Å². The van der Waals surface area contributed by atoms with E-state index in [0.717, 1.165) is 15.8 Å². The molecule has 3 aromatic carbocycles. The Morgan fingerprint density at radius 1 is 0.903 bits per heavy atom. The molecule has 0 saturated carbocycles. The molecule has 1 N–H and O–H groups in total. The van der Waals surface area contributed by atoms with E-state index in [2.05, 4.69) is 10.2 Å². The highest BCUT2D eigenvalue weighted by molar-refractivity contribution is 6.36. The number of nitrogens with one attached hydrogen (secondary N) is 1.